The Labute approximate surface area is 68.7 Å². The van der Waals surface area contributed by atoms with Crippen molar-refractivity contribution in [2.75, 3.05) is 7.05 Å². The van der Waals surface area contributed by atoms with Gasteiger partial charge in [-0.15, -0.1) is 0 Å². The normalized spacial score (nSPS) is 18.5. The van der Waals surface area contributed by atoms with Crippen molar-refractivity contribution in [2.45, 2.75) is 20.8 Å². The van der Waals surface area contributed by atoms with Crippen molar-refractivity contribution in [3.8, 4) is 0 Å². The Hall–Kier alpha value is -0.980. The van der Waals surface area contributed by atoms with Crippen molar-refractivity contribution in [3.63, 3.8) is 0 Å². The molecule has 0 saturated heterocycles. The lowest BCUT2D eigenvalue weighted by atomic mass is 10.2. The predicted molar refractivity (Wildman–Crippen MR) is 49.0 cm³/mol. The van der Waals surface area contributed by atoms with Gasteiger partial charge in [0.25, 0.3) is 0 Å². The quantitative estimate of drug-likeness (QED) is 0.512. The molecule has 0 aromatic rings. The van der Waals surface area contributed by atoms with Crippen LogP contribution in [0.3, 0.4) is 0 Å². The van der Waals surface area contributed by atoms with E-state index in [2.05, 4.69) is 50.9 Å². The molecule has 0 unspecified atom stereocenters. The van der Waals surface area contributed by atoms with Gasteiger partial charge in [-0.3, -0.25) is 0 Å². The summed E-state index contributed by atoms with van der Waals surface area (Å²) in [6.07, 6.45) is 6.47. The molecule has 0 saturated carbocycles. The van der Waals surface area contributed by atoms with Gasteiger partial charge in [-0.1, -0.05) is 6.08 Å². The fourth-order valence-electron chi connectivity index (χ4n) is 1.12. The van der Waals surface area contributed by atoms with E-state index < -0.39 is 0 Å². The summed E-state index contributed by atoms with van der Waals surface area (Å²) in [5.41, 5.74) is 3.90. The monoisotopic (exact) mass is 149 g/mol. The Kier molecular flexibility index (Phi) is 2.18. The van der Waals surface area contributed by atoms with E-state index in [0.717, 1.165) is 0 Å². The molecule has 0 aromatic heterocycles. The summed E-state index contributed by atoms with van der Waals surface area (Å²) in [6.45, 7) is 6.36. The molecule has 0 fully saturated rings. The number of hydrogen-bond acceptors (Lipinski definition) is 1. The molecule has 0 bridgehead atoms. The highest BCUT2D eigenvalue weighted by Crippen LogP contribution is 2.15. The van der Waals surface area contributed by atoms with Gasteiger partial charge in [0.1, 0.15) is 0 Å². The van der Waals surface area contributed by atoms with Crippen LogP contribution in [0.15, 0.2) is 35.2 Å². The number of rotatable bonds is 0. The van der Waals surface area contributed by atoms with Gasteiger partial charge in [0.15, 0.2) is 0 Å². The van der Waals surface area contributed by atoms with Crippen LogP contribution in [0, 0.1) is 0 Å². The molecular formula is C10H15N. The molecule has 60 valence electrons. The van der Waals surface area contributed by atoms with E-state index in [1.807, 2.05) is 0 Å². The van der Waals surface area contributed by atoms with Crippen molar-refractivity contribution in [2.24, 2.45) is 0 Å². The van der Waals surface area contributed by atoms with Gasteiger partial charge >= 0.3 is 0 Å². The Bertz CT molecular complexity index is 244. The number of nitrogens with zero attached hydrogens (tertiary/aromatic N) is 1. The first-order valence-corrected chi connectivity index (χ1v) is 3.88. The second-order valence-electron chi connectivity index (χ2n) is 3.06. The number of hydrogen-bond donors (Lipinski definition) is 0. The average Bonchev–Trinajstić information content (AvgIpc) is 2.05. The van der Waals surface area contributed by atoms with Crippen molar-refractivity contribution in [1.29, 1.82) is 0 Å². The second kappa shape index (κ2) is 2.95. The van der Waals surface area contributed by atoms with E-state index in [-0.39, 0.29) is 0 Å². The molecule has 11 heavy (non-hydrogen) atoms. The molecule has 0 amide bonds. The summed E-state index contributed by atoms with van der Waals surface area (Å²) in [5.74, 6) is 0. The summed E-state index contributed by atoms with van der Waals surface area (Å²) in [7, 11) is 2.09. The van der Waals surface area contributed by atoms with Gasteiger partial charge in [0, 0.05) is 18.4 Å². The Morgan fingerprint density at radius 3 is 2.27 bits per heavy atom. The molecule has 1 rings (SSSR count). The lowest BCUT2D eigenvalue weighted by Crippen LogP contribution is -2.12. The standard InChI is InChI=1S/C10H15N/c1-8-5-6-9(2)11(4)10(3)7-8/h5-7H,1-4H3. The average molecular weight is 149 g/mol. The Balaban J connectivity index is 3.02. The van der Waals surface area contributed by atoms with Crippen molar-refractivity contribution in [3.05, 3.63) is 35.2 Å². The van der Waals surface area contributed by atoms with Crippen LogP contribution < -0.4 is 0 Å². The molecule has 1 heterocycles. The summed E-state index contributed by atoms with van der Waals surface area (Å²) in [6, 6.07) is 0. The van der Waals surface area contributed by atoms with Crippen molar-refractivity contribution in [1.82, 2.24) is 4.90 Å². The van der Waals surface area contributed by atoms with Gasteiger partial charge in [0.05, 0.1) is 0 Å². The second-order valence-corrected chi connectivity index (χ2v) is 3.06. The highest BCUT2D eigenvalue weighted by Gasteiger charge is 2.02. The van der Waals surface area contributed by atoms with Crippen LogP contribution in [0.5, 0.6) is 0 Å². The van der Waals surface area contributed by atoms with Crippen LogP contribution in [0.1, 0.15) is 20.8 Å². The molecule has 0 atom stereocenters. The van der Waals surface area contributed by atoms with E-state index in [0.29, 0.717) is 0 Å². The molecule has 0 aromatic carbocycles. The lowest BCUT2D eigenvalue weighted by Gasteiger charge is -2.18. The minimum atomic E-state index is 1.29. The molecule has 0 spiro atoms. The summed E-state index contributed by atoms with van der Waals surface area (Å²) in [5, 5.41) is 0. The van der Waals surface area contributed by atoms with E-state index in [4.69, 9.17) is 0 Å². The Morgan fingerprint density at radius 2 is 1.64 bits per heavy atom. The minimum absolute atomic E-state index is 1.29. The van der Waals surface area contributed by atoms with E-state index in [1.165, 1.54) is 17.0 Å². The van der Waals surface area contributed by atoms with Gasteiger partial charge in [-0.25, -0.2) is 0 Å². The third-order valence-corrected chi connectivity index (χ3v) is 2.08. The molecule has 1 nitrogen and oxygen atoms in total. The summed E-state index contributed by atoms with van der Waals surface area (Å²) >= 11 is 0. The van der Waals surface area contributed by atoms with Crippen LogP contribution in [0.25, 0.3) is 0 Å². The highest BCUT2D eigenvalue weighted by molar-refractivity contribution is 5.30. The summed E-state index contributed by atoms with van der Waals surface area (Å²) in [4.78, 5) is 2.19. The molecule has 1 aliphatic rings. The first-order valence-electron chi connectivity index (χ1n) is 3.88. The van der Waals surface area contributed by atoms with Gasteiger partial charge in [-0.05, 0) is 38.5 Å². The molecule has 1 heteroatoms. The van der Waals surface area contributed by atoms with Crippen LogP contribution in [-0.2, 0) is 0 Å². The highest BCUT2D eigenvalue weighted by atomic mass is 15.1. The summed E-state index contributed by atoms with van der Waals surface area (Å²) < 4.78 is 0. The molecule has 0 N–H and O–H groups in total. The SMILES string of the molecule is CC1=CC=C(C)N(C)C(C)=C1. The molecule has 0 aliphatic carbocycles. The maximum absolute atomic E-state index is 2.19. The van der Waals surface area contributed by atoms with Gasteiger partial charge in [0.2, 0.25) is 0 Å². The van der Waals surface area contributed by atoms with Gasteiger partial charge < -0.3 is 4.90 Å². The van der Waals surface area contributed by atoms with Crippen molar-refractivity contribution >= 4 is 0 Å². The zero-order chi connectivity index (χ0) is 8.43. The zero-order valence-electron chi connectivity index (χ0n) is 7.68. The van der Waals surface area contributed by atoms with Crippen molar-refractivity contribution < 1.29 is 0 Å². The lowest BCUT2D eigenvalue weighted by molar-refractivity contribution is 0.523. The van der Waals surface area contributed by atoms with Crippen LogP contribution >= 0.6 is 0 Å². The first-order chi connectivity index (χ1) is 5.11. The van der Waals surface area contributed by atoms with Crippen LogP contribution in [0.2, 0.25) is 0 Å². The Morgan fingerprint density at radius 1 is 1.00 bits per heavy atom. The topological polar surface area (TPSA) is 3.24 Å². The van der Waals surface area contributed by atoms with E-state index in [1.54, 1.807) is 0 Å². The third-order valence-electron chi connectivity index (χ3n) is 2.08. The van der Waals surface area contributed by atoms with E-state index >= 15 is 0 Å². The maximum Gasteiger partial charge on any atom is 0.0145 e. The van der Waals surface area contributed by atoms with E-state index in [9.17, 15) is 0 Å². The largest absolute Gasteiger partial charge is 0.352 e. The predicted octanol–water partition coefficient (Wildman–Crippen LogP) is 2.69. The van der Waals surface area contributed by atoms with Gasteiger partial charge in [-0.2, -0.15) is 0 Å². The first kappa shape index (κ1) is 8.12. The molecule has 0 radical (unpaired) electrons. The molecule has 1 aliphatic heterocycles. The minimum Gasteiger partial charge on any atom is -0.352 e. The van der Waals surface area contributed by atoms with Crippen LogP contribution in [0.4, 0.5) is 0 Å². The molecular weight excluding hydrogens is 134 g/mol. The zero-order valence-corrected chi connectivity index (χ0v) is 7.68. The fourth-order valence-corrected chi connectivity index (χ4v) is 1.12. The third kappa shape index (κ3) is 1.73. The number of allylic oxidation sites excluding steroid dienone is 6. The van der Waals surface area contributed by atoms with Crippen LogP contribution in [-0.4, -0.2) is 11.9 Å². The smallest absolute Gasteiger partial charge is 0.0145 e. The maximum atomic E-state index is 2.19. The fraction of sp³-hybridized carbons (Fsp3) is 0.400.